The molecule has 2 amide bonds. The van der Waals surface area contributed by atoms with Crippen LogP contribution >= 0.6 is 46.2 Å². The number of nitrogens with one attached hydrogen (secondary N) is 1. The lowest BCUT2D eigenvalue weighted by molar-refractivity contribution is -0.150. The van der Waals surface area contributed by atoms with Crippen LogP contribution in [-0.2, 0) is 19.2 Å². The van der Waals surface area contributed by atoms with E-state index in [0.717, 1.165) is 24.2 Å². The average molecular weight is 540 g/mol. The summed E-state index contributed by atoms with van der Waals surface area (Å²) < 4.78 is 0.715. The van der Waals surface area contributed by atoms with E-state index in [1.54, 1.807) is 10.9 Å². The molecule has 0 radical (unpaired) electrons. The molecule has 0 unspecified atom stereocenters. The van der Waals surface area contributed by atoms with Crippen LogP contribution in [0, 0.1) is 0 Å². The molecule has 2 aromatic rings. The zero-order chi connectivity index (χ0) is 23.8. The van der Waals surface area contributed by atoms with Gasteiger partial charge < -0.3 is 21.0 Å². The van der Waals surface area contributed by atoms with Crippen LogP contribution in [0.25, 0.3) is 0 Å². The minimum atomic E-state index is -1.19. The van der Waals surface area contributed by atoms with Crippen molar-refractivity contribution in [3.05, 3.63) is 27.9 Å². The molecule has 178 valence electrons. The van der Waals surface area contributed by atoms with Crippen LogP contribution in [0.2, 0.25) is 0 Å². The van der Waals surface area contributed by atoms with E-state index in [-0.39, 0.29) is 28.3 Å². The molecule has 1 aliphatic carbocycles. The molecule has 3 aliphatic rings. The number of fused-ring (bicyclic) bond motifs is 1. The van der Waals surface area contributed by atoms with Gasteiger partial charge in [0, 0.05) is 16.9 Å². The second kappa shape index (κ2) is 9.52. The fraction of sp³-hybridized carbons (Fsp3) is 0.389. The first-order valence-corrected chi connectivity index (χ1v) is 13.8. The number of amides is 2. The number of carbonyl (C=O) groups is 3. The van der Waals surface area contributed by atoms with Crippen molar-refractivity contribution in [3.63, 3.8) is 0 Å². The Labute approximate surface area is 209 Å². The lowest BCUT2D eigenvalue weighted by Crippen LogP contribution is -2.71. The molecule has 0 spiro atoms. The highest BCUT2D eigenvalue weighted by atomic mass is 32.2. The Hall–Kier alpha value is -2.69. The molecule has 1 saturated heterocycles. The average Bonchev–Trinajstić information content (AvgIpc) is 3.30. The molecule has 2 atom stereocenters. The van der Waals surface area contributed by atoms with Crippen molar-refractivity contribution in [3.8, 4) is 0 Å². The Morgan fingerprint density at radius 3 is 2.85 bits per heavy atom. The number of nitrogens with two attached hydrogens (primary N) is 1. The number of aliphatic carboxylic acids is 1. The number of aromatic nitrogens is 3. The van der Waals surface area contributed by atoms with Gasteiger partial charge in [-0.3, -0.25) is 14.5 Å². The summed E-state index contributed by atoms with van der Waals surface area (Å²) in [6.07, 6.45) is 1.68. The van der Waals surface area contributed by atoms with Crippen LogP contribution in [0.15, 0.2) is 31.7 Å². The van der Waals surface area contributed by atoms with E-state index in [2.05, 4.69) is 25.7 Å². The fourth-order valence-electron chi connectivity index (χ4n) is 3.28. The van der Waals surface area contributed by atoms with E-state index in [4.69, 9.17) is 10.6 Å². The van der Waals surface area contributed by atoms with Crippen LogP contribution in [0.4, 0.5) is 5.13 Å². The molecule has 12 nitrogen and oxygen atoms in total. The van der Waals surface area contributed by atoms with Crippen molar-refractivity contribution in [1.29, 1.82) is 0 Å². The summed E-state index contributed by atoms with van der Waals surface area (Å²) in [7, 11) is 0. The van der Waals surface area contributed by atoms with Gasteiger partial charge in [-0.2, -0.15) is 0 Å². The molecule has 2 aromatic heterocycles. The predicted molar refractivity (Wildman–Crippen MR) is 127 cm³/mol. The Morgan fingerprint density at radius 1 is 1.38 bits per heavy atom. The summed E-state index contributed by atoms with van der Waals surface area (Å²) in [6.45, 7) is 0. The number of anilines is 1. The highest BCUT2D eigenvalue weighted by molar-refractivity contribution is 8.01. The Balaban J connectivity index is 1.31. The second-order valence-corrected chi connectivity index (χ2v) is 11.5. The molecule has 2 fully saturated rings. The van der Waals surface area contributed by atoms with E-state index < -0.39 is 29.2 Å². The number of thioether (sulfide) groups is 2. The number of nitrogen functional groups attached to an aromatic ring is 1. The number of nitrogens with zero attached hydrogens (tertiary/aromatic N) is 5. The maximum absolute atomic E-state index is 13.0. The lowest BCUT2D eigenvalue weighted by atomic mass is 10.0. The molecule has 4 N–H and O–H groups in total. The summed E-state index contributed by atoms with van der Waals surface area (Å²) in [5.41, 5.74) is 8.04. The van der Waals surface area contributed by atoms with Gasteiger partial charge in [0.1, 0.15) is 34.4 Å². The molecule has 0 aromatic carbocycles. The van der Waals surface area contributed by atoms with Gasteiger partial charge in [-0.15, -0.1) is 33.3 Å². The van der Waals surface area contributed by atoms with Crippen molar-refractivity contribution in [2.75, 3.05) is 17.2 Å². The third-order valence-electron chi connectivity index (χ3n) is 5.04. The van der Waals surface area contributed by atoms with Crippen LogP contribution in [0.5, 0.6) is 0 Å². The molecule has 2 aliphatic heterocycles. The maximum Gasteiger partial charge on any atom is 0.352 e. The number of oxime groups is 1. The molecule has 0 bridgehead atoms. The van der Waals surface area contributed by atoms with E-state index in [9.17, 15) is 19.5 Å². The first-order valence-electron chi connectivity index (χ1n) is 9.97. The zero-order valence-electron chi connectivity index (χ0n) is 17.2. The molecule has 5 rings (SSSR count). The summed E-state index contributed by atoms with van der Waals surface area (Å²) >= 11 is 5.27. The standard InChI is InChI=1S/C18H17N7O5S4/c19-17-21-9(5-32-17)10(24-30-8-1-2-8)13(26)22-11-14(27)25-12(16(28)29)7(3-31-15(11)25)4-33-18-23-20-6-34-18/h5-6,8,11,15H,1-4H2,(H2,19,21)(H,22,26)(H,28,29)/b24-10+/t11-,15-/m1/s1. The molecular weight excluding hydrogens is 523 g/mol. The third-order valence-corrected chi connectivity index (χ3v) is 9.00. The molecule has 34 heavy (non-hydrogen) atoms. The van der Waals surface area contributed by atoms with Crippen LogP contribution in [0.1, 0.15) is 18.5 Å². The zero-order valence-corrected chi connectivity index (χ0v) is 20.5. The number of carboxylic acid groups (broad SMARTS) is 1. The monoisotopic (exact) mass is 539 g/mol. The minimum Gasteiger partial charge on any atom is -0.477 e. The topological polar surface area (TPSA) is 173 Å². The molecule has 16 heteroatoms. The van der Waals surface area contributed by atoms with Gasteiger partial charge in [0.05, 0.1) is 0 Å². The molecular formula is C18H17N7O5S4. The number of hydrogen-bond acceptors (Lipinski definition) is 13. The van der Waals surface area contributed by atoms with Crippen LogP contribution < -0.4 is 11.1 Å². The van der Waals surface area contributed by atoms with Gasteiger partial charge in [0.15, 0.2) is 15.2 Å². The summed E-state index contributed by atoms with van der Waals surface area (Å²) in [6, 6.07) is -0.897. The molecule has 1 saturated carbocycles. The van der Waals surface area contributed by atoms with Crippen molar-refractivity contribution in [1.82, 2.24) is 25.4 Å². The van der Waals surface area contributed by atoms with Gasteiger partial charge in [-0.05, 0) is 18.4 Å². The lowest BCUT2D eigenvalue weighted by Gasteiger charge is -2.49. The Morgan fingerprint density at radius 2 is 2.21 bits per heavy atom. The molecule has 4 heterocycles. The third kappa shape index (κ3) is 4.62. The van der Waals surface area contributed by atoms with E-state index in [1.807, 2.05) is 0 Å². The maximum atomic E-state index is 13.0. The quantitative estimate of drug-likeness (QED) is 0.179. The van der Waals surface area contributed by atoms with Crippen molar-refractivity contribution in [2.24, 2.45) is 5.16 Å². The summed E-state index contributed by atoms with van der Waals surface area (Å²) in [5, 5.41) is 25.5. The number of carboxylic acids is 1. The first-order chi connectivity index (χ1) is 16.4. The van der Waals surface area contributed by atoms with Gasteiger partial charge in [0.2, 0.25) is 0 Å². The first kappa shape index (κ1) is 23.1. The van der Waals surface area contributed by atoms with E-state index in [1.165, 1.54) is 39.8 Å². The van der Waals surface area contributed by atoms with Crippen molar-refractivity contribution >= 4 is 74.8 Å². The number of β-lactam (4-membered cyclic amide) rings is 1. The largest absolute Gasteiger partial charge is 0.477 e. The summed E-state index contributed by atoms with van der Waals surface area (Å²) in [5.74, 6) is -1.54. The van der Waals surface area contributed by atoms with Crippen molar-refractivity contribution < 1.29 is 24.3 Å². The Kier molecular flexibility index (Phi) is 6.46. The second-order valence-electron chi connectivity index (χ2n) is 7.43. The van der Waals surface area contributed by atoms with Crippen molar-refractivity contribution in [2.45, 2.75) is 34.7 Å². The summed E-state index contributed by atoms with van der Waals surface area (Å²) in [4.78, 5) is 48.6. The van der Waals surface area contributed by atoms with Gasteiger partial charge in [-0.1, -0.05) is 28.3 Å². The number of hydrogen-bond donors (Lipinski definition) is 3. The smallest absolute Gasteiger partial charge is 0.352 e. The Bertz CT molecular complexity index is 1190. The highest BCUT2D eigenvalue weighted by Gasteiger charge is 2.54. The van der Waals surface area contributed by atoms with E-state index in [0.29, 0.717) is 21.4 Å². The van der Waals surface area contributed by atoms with Gasteiger partial charge in [-0.25, -0.2) is 9.78 Å². The SMILES string of the molecule is Nc1nc(/C(=N\OC2CC2)C(=O)N[C@@H]2C(=O)N3C(C(=O)O)=C(CSc4nncs4)CS[C@H]23)cs1. The minimum absolute atomic E-state index is 0.0341. The predicted octanol–water partition coefficient (Wildman–Crippen LogP) is 0.991. The van der Waals surface area contributed by atoms with E-state index >= 15 is 0 Å². The van der Waals surface area contributed by atoms with Crippen LogP contribution in [-0.4, -0.2) is 77.7 Å². The van der Waals surface area contributed by atoms with Gasteiger partial charge in [0.25, 0.3) is 11.8 Å². The fourth-order valence-corrected chi connectivity index (χ4v) is 6.80. The number of thiazole rings is 1. The number of carbonyl (C=O) groups excluding carboxylic acids is 2. The highest BCUT2D eigenvalue weighted by Crippen LogP contribution is 2.41. The van der Waals surface area contributed by atoms with Gasteiger partial charge >= 0.3 is 5.97 Å². The number of rotatable bonds is 9. The van der Waals surface area contributed by atoms with Crippen LogP contribution in [0.3, 0.4) is 0 Å². The normalized spacial score (nSPS) is 22.3.